The van der Waals surface area contributed by atoms with Gasteiger partial charge in [0, 0.05) is 11.2 Å². The van der Waals surface area contributed by atoms with Crippen LogP contribution in [0.25, 0.3) is 11.0 Å². The molecule has 1 aromatic carbocycles. The fourth-order valence-electron chi connectivity index (χ4n) is 4.94. The molecule has 0 radical (unpaired) electrons. The number of hydrogen-bond acceptors (Lipinski definition) is 6. The molecule has 10 heteroatoms. The van der Waals surface area contributed by atoms with Crippen molar-refractivity contribution < 1.29 is 23.3 Å². The molecule has 5 heterocycles. The fourth-order valence-corrected chi connectivity index (χ4v) is 5.31. The van der Waals surface area contributed by atoms with E-state index in [0.717, 1.165) is 0 Å². The Morgan fingerprint density at radius 3 is 2.72 bits per heavy atom. The van der Waals surface area contributed by atoms with E-state index in [1.54, 1.807) is 18.2 Å². The van der Waals surface area contributed by atoms with Crippen LogP contribution in [0.15, 0.2) is 36.8 Å². The summed E-state index contributed by atoms with van der Waals surface area (Å²) in [5, 5.41) is 1.55. The highest BCUT2D eigenvalue weighted by molar-refractivity contribution is 6.33. The van der Waals surface area contributed by atoms with Gasteiger partial charge in [-0.3, -0.25) is 0 Å². The topological polar surface area (TPSA) is 67.6 Å². The fraction of sp³-hybridized carbons (Fsp3) is 0.455. The number of ether oxygens (including phenoxy) is 4. The zero-order valence-electron chi connectivity index (χ0n) is 17.2. The lowest BCUT2D eigenvalue weighted by molar-refractivity contribution is -0.214. The highest BCUT2D eigenvalue weighted by Gasteiger charge is 2.59. The second-order valence-corrected chi connectivity index (χ2v) is 9.47. The monoisotopic (exact) mass is 479 g/mol. The Bertz CT molecular complexity index is 1210. The van der Waals surface area contributed by atoms with Crippen LogP contribution in [-0.4, -0.2) is 45.2 Å². The third-order valence-electron chi connectivity index (χ3n) is 6.21. The van der Waals surface area contributed by atoms with E-state index in [2.05, 4.69) is 9.97 Å². The molecule has 0 N–H and O–H groups in total. The highest BCUT2D eigenvalue weighted by Crippen LogP contribution is 2.50. The molecule has 0 saturated carbocycles. The van der Waals surface area contributed by atoms with Gasteiger partial charge in [0.1, 0.15) is 47.7 Å². The molecule has 0 aliphatic carbocycles. The normalized spacial score (nSPS) is 33.4. The number of alkyl halides is 1. The summed E-state index contributed by atoms with van der Waals surface area (Å²) >= 11 is 12.4. The standard InChI is InChI=1S/C22H20Cl2FN3O4/c1-22(2)31-17-16(15-11-4-3-10(23)7-13(11)14(25)8-29-15)30-21(18(17)32-22)28-6-5-12-19(24)26-9-27-20(12)28/h3-7,9,14-18,21H,8H2,1-2H3/t14-,15+,16+,17?,18+,21+/m0/s1. The van der Waals surface area contributed by atoms with Crippen molar-refractivity contribution >= 4 is 34.2 Å². The average molecular weight is 480 g/mol. The number of nitrogens with zero attached hydrogens (tertiary/aromatic N) is 3. The number of halogens is 3. The molecule has 2 fully saturated rings. The lowest BCUT2D eigenvalue weighted by atomic mass is 9.91. The van der Waals surface area contributed by atoms with Crippen LogP contribution in [0.5, 0.6) is 0 Å². The molecule has 1 unspecified atom stereocenters. The van der Waals surface area contributed by atoms with Gasteiger partial charge in [0.15, 0.2) is 12.0 Å². The van der Waals surface area contributed by atoms with Gasteiger partial charge in [0.2, 0.25) is 0 Å². The minimum Gasteiger partial charge on any atom is -0.367 e. The van der Waals surface area contributed by atoms with E-state index in [-0.39, 0.29) is 6.61 Å². The first kappa shape index (κ1) is 20.8. The van der Waals surface area contributed by atoms with Crippen molar-refractivity contribution in [1.29, 1.82) is 0 Å². The summed E-state index contributed by atoms with van der Waals surface area (Å²) in [5.74, 6) is -0.814. The number of aromatic nitrogens is 3. The van der Waals surface area contributed by atoms with Crippen molar-refractivity contribution in [3.63, 3.8) is 0 Å². The van der Waals surface area contributed by atoms with Crippen LogP contribution in [-0.2, 0) is 18.9 Å². The predicted octanol–water partition coefficient (Wildman–Crippen LogP) is 4.94. The van der Waals surface area contributed by atoms with Gasteiger partial charge >= 0.3 is 0 Å². The Morgan fingerprint density at radius 1 is 1.06 bits per heavy atom. The summed E-state index contributed by atoms with van der Waals surface area (Å²) in [6, 6.07) is 7.01. The molecule has 32 heavy (non-hydrogen) atoms. The van der Waals surface area contributed by atoms with Crippen LogP contribution in [0, 0.1) is 0 Å². The third kappa shape index (κ3) is 3.16. The summed E-state index contributed by atoms with van der Waals surface area (Å²) in [4.78, 5) is 8.43. The molecule has 0 bridgehead atoms. The van der Waals surface area contributed by atoms with E-state index in [1.807, 2.05) is 30.7 Å². The molecule has 0 amide bonds. The molecule has 6 atom stereocenters. The Kier molecular flexibility index (Phi) is 4.77. The molecule has 2 aromatic heterocycles. The largest absolute Gasteiger partial charge is 0.367 e. The summed E-state index contributed by atoms with van der Waals surface area (Å²) < 4.78 is 41.4. The molecule has 6 rings (SSSR count). The third-order valence-corrected chi connectivity index (χ3v) is 6.75. The molecule has 3 aliphatic heterocycles. The maximum atomic E-state index is 14.6. The van der Waals surface area contributed by atoms with Crippen molar-refractivity contribution in [1.82, 2.24) is 14.5 Å². The maximum absolute atomic E-state index is 14.6. The minimum absolute atomic E-state index is 0.0839. The van der Waals surface area contributed by atoms with Gasteiger partial charge in [-0.25, -0.2) is 14.4 Å². The number of fused-ring (bicyclic) bond motifs is 3. The van der Waals surface area contributed by atoms with E-state index >= 15 is 0 Å². The first-order valence-electron chi connectivity index (χ1n) is 10.4. The minimum atomic E-state index is -1.25. The van der Waals surface area contributed by atoms with Gasteiger partial charge in [-0.1, -0.05) is 29.3 Å². The summed E-state index contributed by atoms with van der Waals surface area (Å²) in [6.07, 6.45) is -0.478. The smallest absolute Gasteiger partial charge is 0.164 e. The van der Waals surface area contributed by atoms with Gasteiger partial charge in [0.25, 0.3) is 0 Å². The zero-order valence-corrected chi connectivity index (χ0v) is 18.8. The molecule has 0 spiro atoms. The van der Waals surface area contributed by atoms with E-state index < -0.39 is 42.6 Å². The summed E-state index contributed by atoms with van der Waals surface area (Å²) in [6.45, 7) is 3.64. The van der Waals surface area contributed by atoms with Gasteiger partial charge in [-0.05, 0) is 43.2 Å². The van der Waals surface area contributed by atoms with Crippen LogP contribution in [0.1, 0.15) is 43.5 Å². The van der Waals surface area contributed by atoms with Gasteiger partial charge in [-0.2, -0.15) is 0 Å². The van der Waals surface area contributed by atoms with Gasteiger partial charge in [0.05, 0.1) is 12.0 Å². The number of hydrogen-bond donors (Lipinski definition) is 0. The summed E-state index contributed by atoms with van der Waals surface area (Å²) in [7, 11) is 0. The van der Waals surface area contributed by atoms with E-state index in [1.165, 1.54) is 6.33 Å². The van der Waals surface area contributed by atoms with E-state index in [4.69, 9.17) is 42.1 Å². The first-order valence-corrected chi connectivity index (χ1v) is 11.1. The molecule has 3 aromatic rings. The van der Waals surface area contributed by atoms with Crippen molar-refractivity contribution in [2.24, 2.45) is 0 Å². The first-order chi connectivity index (χ1) is 15.3. The second kappa shape index (κ2) is 7.35. The zero-order chi connectivity index (χ0) is 22.2. The Labute approximate surface area is 193 Å². The SMILES string of the molecule is CC1(C)OC2[C@@H](O1)[C@H](n1ccc3c(Cl)ncnc31)O[C@@H]2[C@@H]1OC[C@H](F)c2cc(Cl)ccc21. The molecular weight excluding hydrogens is 460 g/mol. The lowest BCUT2D eigenvalue weighted by Gasteiger charge is -2.34. The van der Waals surface area contributed by atoms with Crippen molar-refractivity contribution in [3.05, 3.63) is 58.1 Å². The van der Waals surface area contributed by atoms with E-state index in [0.29, 0.717) is 32.3 Å². The molecule has 7 nitrogen and oxygen atoms in total. The predicted molar refractivity (Wildman–Crippen MR) is 114 cm³/mol. The molecular formula is C22H20Cl2FN3O4. The highest BCUT2D eigenvalue weighted by atomic mass is 35.5. The van der Waals surface area contributed by atoms with Crippen LogP contribution < -0.4 is 0 Å². The quantitative estimate of drug-likeness (QED) is 0.485. The maximum Gasteiger partial charge on any atom is 0.164 e. The van der Waals surface area contributed by atoms with Crippen molar-refractivity contribution in [3.8, 4) is 0 Å². The van der Waals surface area contributed by atoms with E-state index in [9.17, 15) is 4.39 Å². The Morgan fingerprint density at radius 2 is 1.88 bits per heavy atom. The molecule has 168 valence electrons. The number of benzene rings is 1. The Hall–Kier alpha value is -1.81. The average Bonchev–Trinajstić information content (AvgIpc) is 3.40. The van der Waals surface area contributed by atoms with Crippen LogP contribution in [0.3, 0.4) is 0 Å². The van der Waals surface area contributed by atoms with Crippen molar-refractivity contribution in [2.75, 3.05) is 6.61 Å². The molecule has 2 saturated heterocycles. The number of rotatable bonds is 2. The van der Waals surface area contributed by atoms with Crippen LogP contribution in [0.2, 0.25) is 10.2 Å². The Balaban J connectivity index is 1.42. The van der Waals surface area contributed by atoms with Gasteiger partial charge in [-0.15, -0.1) is 0 Å². The lowest BCUT2D eigenvalue weighted by Crippen LogP contribution is -2.37. The molecule has 3 aliphatic rings. The summed E-state index contributed by atoms with van der Waals surface area (Å²) in [5.41, 5.74) is 1.85. The van der Waals surface area contributed by atoms with Crippen molar-refractivity contribution in [2.45, 2.75) is 56.5 Å². The van der Waals surface area contributed by atoms with Crippen LogP contribution >= 0.6 is 23.2 Å². The second-order valence-electron chi connectivity index (χ2n) is 8.68. The van der Waals surface area contributed by atoms with Crippen LogP contribution in [0.4, 0.5) is 4.39 Å². The van der Waals surface area contributed by atoms with Gasteiger partial charge < -0.3 is 23.5 Å².